The second-order valence-electron chi connectivity index (χ2n) is 13.0. The lowest BCUT2D eigenvalue weighted by Gasteiger charge is -2.34. The Balaban J connectivity index is 1.49. The van der Waals surface area contributed by atoms with Gasteiger partial charge in [0.1, 0.15) is 27.9 Å². The average molecular weight is 653 g/mol. The van der Waals surface area contributed by atoms with Crippen LogP contribution in [0.5, 0.6) is 0 Å². The Morgan fingerprint density at radius 1 is 1.23 bits per heavy atom. The van der Waals surface area contributed by atoms with Gasteiger partial charge in [0.05, 0.1) is 6.54 Å². The third-order valence-electron chi connectivity index (χ3n) is 8.70. The number of carbonyl (C=O) groups is 4. The van der Waals surface area contributed by atoms with Crippen LogP contribution in [-0.2, 0) is 29.1 Å². The first kappa shape index (κ1) is 33.9. The largest absolute Gasteiger partial charge is 0.479 e. The van der Waals surface area contributed by atoms with Gasteiger partial charge in [-0.2, -0.15) is 4.31 Å². The van der Waals surface area contributed by atoms with Crippen LogP contribution in [0.3, 0.4) is 0 Å². The number of amides is 3. The molecule has 0 bridgehead atoms. The van der Waals surface area contributed by atoms with Gasteiger partial charge < -0.3 is 25.4 Å². The van der Waals surface area contributed by atoms with E-state index in [1.54, 1.807) is 11.4 Å². The quantitative estimate of drug-likeness (QED) is 0.378. The van der Waals surface area contributed by atoms with E-state index in [2.05, 4.69) is 10.6 Å². The maximum absolute atomic E-state index is 13.8. The standard InChI is InChI=1S/C30H44N4O8S2/c1-29(2,3)23(19-33(4)44(40,41)24-15-11-17-43-24)42-28(39)31-21-13-9-7-5-6-8-12-20-18-30(20,27(37)38)32-25(35)22-14-10-16-34(22)26(21)36/h8,11-12,15,17,20-23H,5-7,9-10,13-14,16,18-19H2,1-4H3,(H,31,39)(H,32,35)(H,37,38)/b12-8-/t20?,21-,22-,23?,30+/m0/s1. The van der Waals surface area contributed by atoms with Gasteiger partial charge in [0.15, 0.2) is 0 Å². The van der Waals surface area contributed by atoms with Crippen LogP contribution in [0.4, 0.5) is 4.79 Å². The molecule has 244 valence electrons. The monoisotopic (exact) mass is 652 g/mol. The van der Waals surface area contributed by atoms with E-state index in [-0.39, 0.29) is 16.7 Å². The number of nitrogens with one attached hydrogen (secondary N) is 2. The molecule has 1 aromatic heterocycles. The lowest BCUT2D eigenvalue weighted by molar-refractivity contribution is -0.145. The van der Waals surface area contributed by atoms with Crippen molar-refractivity contribution in [2.75, 3.05) is 20.1 Å². The van der Waals surface area contributed by atoms with Crippen LogP contribution in [0.15, 0.2) is 33.9 Å². The van der Waals surface area contributed by atoms with Crippen molar-refractivity contribution >= 4 is 45.2 Å². The molecule has 3 heterocycles. The topological polar surface area (TPSA) is 162 Å². The van der Waals surface area contributed by atoms with Gasteiger partial charge in [-0.05, 0) is 50.0 Å². The molecule has 14 heteroatoms. The van der Waals surface area contributed by atoms with Crippen molar-refractivity contribution in [2.24, 2.45) is 11.3 Å². The molecule has 3 N–H and O–H groups in total. The molecule has 12 nitrogen and oxygen atoms in total. The van der Waals surface area contributed by atoms with E-state index in [1.165, 1.54) is 18.0 Å². The number of carbonyl (C=O) groups excluding carboxylic acids is 3. The van der Waals surface area contributed by atoms with Gasteiger partial charge in [-0.15, -0.1) is 11.3 Å². The molecule has 0 aromatic carbocycles. The molecular formula is C30H44N4O8S2. The van der Waals surface area contributed by atoms with Gasteiger partial charge >= 0.3 is 12.1 Å². The normalized spacial score (nSPS) is 28.1. The number of rotatable bonds is 7. The Kier molecular flexibility index (Phi) is 10.5. The molecule has 3 aliphatic rings. The van der Waals surface area contributed by atoms with Crippen molar-refractivity contribution in [1.29, 1.82) is 0 Å². The zero-order valence-corrected chi connectivity index (χ0v) is 27.4. The van der Waals surface area contributed by atoms with Gasteiger partial charge in [-0.3, -0.25) is 9.59 Å². The van der Waals surface area contributed by atoms with E-state index in [4.69, 9.17) is 4.74 Å². The Bertz CT molecular complexity index is 1360. The Morgan fingerprint density at radius 2 is 1.98 bits per heavy atom. The molecule has 2 unspecified atom stereocenters. The second kappa shape index (κ2) is 13.6. The molecule has 1 saturated carbocycles. The van der Waals surface area contributed by atoms with Crippen LogP contribution < -0.4 is 10.6 Å². The lowest BCUT2D eigenvalue weighted by atomic mass is 9.89. The summed E-state index contributed by atoms with van der Waals surface area (Å²) >= 11 is 1.10. The minimum absolute atomic E-state index is 0.0933. The number of aliphatic carboxylic acids is 1. The summed E-state index contributed by atoms with van der Waals surface area (Å²) in [5, 5.41) is 17.0. The fourth-order valence-corrected chi connectivity index (χ4v) is 8.14. The number of hydrogen-bond acceptors (Lipinski definition) is 8. The number of likely N-dealkylation sites (N-methyl/N-ethyl adjacent to an activating group) is 1. The highest BCUT2D eigenvalue weighted by atomic mass is 32.2. The van der Waals surface area contributed by atoms with Crippen LogP contribution >= 0.6 is 11.3 Å². The number of fused-ring (bicyclic) bond motifs is 2. The number of hydrogen-bond donors (Lipinski definition) is 3. The van der Waals surface area contributed by atoms with Crippen LogP contribution in [0.25, 0.3) is 0 Å². The fraction of sp³-hybridized carbons (Fsp3) is 0.667. The summed E-state index contributed by atoms with van der Waals surface area (Å²) in [6.45, 7) is 5.72. The average Bonchev–Trinajstić information content (AvgIpc) is 3.33. The zero-order chi connectivity index (χ0) is 32.3. The van der Waals surface area contributed by atoms with Crippen molar-refractivity contribution in [3.05, 3.63) is 29.7 Å². The summed E-state index contributed by atoms with van der Waals surface area (Å²) in [6, 6.07) is 1.36. The van der Waals surface area contributed by atoms with Crippen molar-refractivity contribution in [3.63, 3.8) is 0 Å². The van der Waals surface area contributed by atoms with E-state index >= 15 is 0 Å². The maximum atomic E-state index is 13.8. The van der Waals surface area contributed by atoms with Crippen LogP contribution in [0.2, 0.25) is 0 Å². The van der Waals surface area contributed by atoms with E-state index in [9.17, 15) is 32.7 Å². The third-order valence-corrected chi connectivity index (χ3v) is 11.9. The van der Waals surface area contributed by atoms with Crippen LogP contribution in [0.1, 0.15) is 72.1 Å². The lowest BCUT2D eigenvalue weighted by Crippen LogP contribution is -2.56. The summed E-state index contributed by atoms with van der Waals surface area (Å²) in [6.07, 6.45) is 6.71. The molecule has 5 atom stereocenters. The van der Waals surface area contributed by atoms with E-state index < -0.39 is 63.0 Å². The number of sulfonamides is 1. The molecule has 1 aromatic rings. The maximum Gasteiger partial charge on any atom is 0.408 e. The van der Waals surface area contributed by atoms with Gasteiger partial charge in [-0.1, -0.05) is 51.8 Å². The smallest absolute Gasteiger partial charge is 0.408 e. The molecule has 0 spiro atoms. The second-order valence-corrected chi connectivity index (χ2v) is 16.2. The highest BCUT2D eigenvalue weighted by molar-refractivity contribution is 7.91. The van der Waals surface area contributed by atoms with Gasteiger partial charge in [0.25, 0.3) is 10.0 Å². The predicted octanol–water partition coefficient (Wildman–Crippen LogP) is 3.35. The molecule has 1 saturated heterocycles. The number of alkyl carbamates (subject to hydrolysis) is 1. The third kappa shape index (κ3) is 7.63. The summed E-state index contributed by atoms with van der Waals surface area (Å²) in [5.74, 6) is -2.31. The molecule has 1 aliphatic carbocycles. The number of ether oxygens (including phenoxy) is 1. The highest BCUT2D eigenvalue weighted by Gasteiger charge is 2.61. The first-order chi connectivity index (χ1) is 20.7. The zero-order valence-electron chi connectivity index (χ0n) is 25.8. The van der Waals surface area contributed by atoms with E-state index in [0.29, 0.717) is 38.6 Å². The highest BCUT2D eigenvalue weighted by Crippen LogP contribution is 2.45. The van der Waals surface area contributed by atoms with Crippen LogP contribution in [0, 0.1) is 11.3 Å². The Morgan fingerprint density at radius 3 is 2.64 bits per heavy atom. The van der Waals surface area contributed by atoms with E-state index in [0.717, 1.165) is 34.9 Å². The van der Waals surface area contributed by atoms with Gasteiger partial charge in [0.2, 0.25) is 11.8 Å². The molecule has 2 fully saturated rings. The Labute approximate surface area is 263 Å². The number of thiophene rings is 1. The van der Waals surface area contributed by atoms with Crippen molar-refractivity contribution in [1.82, 2.24) is 19.8 Å². The van der Waals surface area contributed by atoms with Gasteiger partial charge in [0, 0.05) is 24.9 Å². The molecule has 44 heavy (non-hydrogen) atoms. The molecular weight excluding hydrogens is 608 g/mol. The Hall–Kier alpha value is -2.97. The minimum Gasteiger partial charge on any atom is -0.479 e. The van der Waals surface area contributed by atoms with Crippen LogP contribution in [-0.4, -0.2) is 90.5 Å². The minimum atomic E-state index is -3.78. The first-order valence-electron chi connectivity index (χ1n) is 15.2. The number of nitrogens with zero attached hydrogens (tertiary/aromatic N) is 2. The molecule has 4 rings (SSSR count). The van der Waals surface area contributed by atoms with Crippen molar-refractivity contribution < 1.29 is 37.4 Å². The summed E-state index contributed by atoms with van der Waals surface area (Å²) in [5.41, 5.74) is -1.99. The summed E-state index contributed by atoms with van der Waals surface area (Å²) in [7, 11) is -2.34. The molecule has 3 amide bonds. The van der Waals surface area contributed by atoms with Crippen molar-refractivity contribution in [3.8, 4) is 0 Å². The molecule has 0 radical (unpaired) electrons. The first-order valence-corrected chi connectivity index (χ1v) is 17.5. The molecule has 2 aliphatic heterocycles. The van der Waals surface area contributed by atoms with Crippen molar-refractivity contribution in [2.45, 2.75) is 100 Å². The number of allylic oxidation sites excluding steroid dienone is 1. The predicted molar refractivity (Wildman–Crippen MR) is 164 cm³/mol. The summed E-state index contributed by atoms with van der Waals surface area (Å²) in [4.78, 5) is 54.0. The number of carboxylic acid groups (broad SMARTS) is 1. The van der Waals surface area contributed by atoms with E-state index in [1.807, 2.05) is 32.9 Å². The number of carboxylic acids is 1. The summed E-state index contributed by atoms with van der Waals surface area (Å²) < 4.78 is 33.2. The fourth-order valence-electron chi connectivity index (χ4n) is 5.76. The SMILES string of the molecule is CN(CC(OC(=O)N[C@H]1CCCCC/C=C\C2C[C@@]2(C(=O)O)NC(=O)[C@@H]2CCCN2C1=O)C(C)(C)C)S(=O)(=O)c1cccs1. The van der Waals surface area contributed by atoms with Gasteiger partial charge in [-0.25, -0.2) is 18.0 Å².